The van der Waals surface area contributed by atoms with Gasteiger partial charge in [0.15, 0.2) is 0 Å². The molecule has 0 fully saturated rings. The summed E-state index contributed by atoms with van der Waals surface area (Å²) in [4.78, 5) is 24.0. The molecule has 0 aliphatic carbocycles. The summed E-state index contributed by atoms with van der Waals surface area (Å²) in [6.45, 7) is -3.06. The zero-order valence-electron chi connectivity index (χ0n) is 11.6. The third-order valence-corrected chi connectivity index (χ3v) is 3.45. The Morgan fingerprint density at radius 3 is 2.04 bits per heavy atom. The lowest BCUT2D eigenvalue weighted by Crippen LogP contribution is -2.41. The van der Waals surface area contributed by atoms with E-state index < -0.39 is 18.4 Å². The van der Waals surface area contributed by atoms with Crippen molar-refractivity contribution in [2.45, 2.75) is 6.61 Å². The maximum absolute atomic E-state index is 12.3. The van der Waals surface area contributed by atoms with Gasteiger partial charge in [0, 0.05) is 4.47 Å². The molecular formula is C15H11BrF2N2O3. The predicted molar refractivity (Wildman–Crippen MR) is 82.1 cm³/mol. The highest BCUT2D eigenvalue weighted by Gasteiger charge is 2.16. The van der Waals surface area contributed by atoms with Gasteiger partial charge < -0.3 is 4.74 Å². The molecule has 0 aliphatic heterocycles. The summed E-state index contributed by atoms with van der Waals surface area (Å²) in [5.41, 5.74) is 4.55. The SMILES string of the molecule is O=C(NNC(=O)c1ccccc1OC(F)F)c1ccccc1Br. The second kappa shape index (κ2) is 7.68. The molecule has 0 unspecified atom stereocenters. The number of halogens is 3. The summed E-state index contributed by atoms with van der Waals surface area (Å²) in [6, 6.07) is 12.1. The first-order chi connectivity index (χ1) is 11.0. The average molecular weight is 385 g/mol. The van der Waals surface area contributed by atoms with Gasteiger partial charge in [-0.2, -0.15) is 8.78 Å². The van der Waals surface area contributed by atoms with Gasteiger partial charge in [-0.15, -0.1) is 0 Å². The minimum atomic E-state index is -3.06. The van der Waals surface area contributed by atoms with E-state index in [0.717, 1.165) is 0 Å². The van der Waals surface area contributed by atoms with Crippen LogP contribution in [0.4, 0.5) is 8.78 Å². The van der Waals surface area contributed by atoms with Gasteiger partial charge in [0.2, 0.25) is 0 Å². The van der Waals surface area contributed by atoms with Crippen LogP contribution in [-0.2, 0) is 0 Å². The molecule has 0 bridgehead atoms. The lowest BCUT2D eigenvalue weighted by molar-refractivity contribution is -0.0501. The Labute approximate surface area is 138 Å². The van der Waals surface area contributed by atoms with Crippen molar-refractivity contribution >= 4 is 27.7 Å². The van der Waals surface area contributed by atoms with Gasteiger partial charge in [0.25, 0.3) is 11.8 Å². The number of para-hydroxylation sites is 1. The summed E-state index contributed by atoms with van der Waals surface area (Å²) in [5, 5.41) is 0. The first-order valence-electron chi connectivity index (χ1n) is 6.38. The number of hydrogen-bond acceptors (Lipinski definition) is 3. The third-order valence-electron chi connectivity index (χ3n) is 2.76. The molecular weight excluding hydrogens is 374 g/mol. The number of rotatable bonds is 4. The molecule has 0 spiro atoms. The van der Waals surface area contributed by atoms with Crippen LogP contribution >= 0.6 is 15.9 Å². The largest absolute Gasteiger partial charge is 0.434 e. The number of hydrogen-bond donors (Lipinski definition) is 2. The highest BCUT2D eigenvalue weighted by molar-refractivity contribution is 9.10. The molecule has 0 saturated heterocycles. The lowest BCUT2D eigenvalue weighted by Gasteiger charge is -2.12. The minimum absolute atomic E-state index is 0.125. The number of alkyl halides is 2. The minimum Gasteiger partial charge on any atom is -0.434 e. The maximum atomic E-state index is 12.3. The van der Waals surface area contributed by atoms with Crippen molar-refractivity contribution in [2.24, 2.45) is 0 Å². The molecule has 8 heteroatoms. The Morgan fingerprint density at radius 1 is 0.913 bits per heavy atom. The molecule has 0 atom stereocenters. The van der Waals surface area contributed by atoms with E-state index in [2.05, 4.69) is 31.5 Å². The summed E-state index contributed by atoms with van der Waals surface area (Å²) in [6.07, 6.45) is 0. The predicted octanol–water partition coefficient (Wildman–Crippen LogP) is 3.13. The van der Waals surface area contributed by atoms with Crippen molar-refractivity contribution in [1.82, 2.24) is 10.9 Å². The normalized spacial score (nSPS) is 10.3. The van der Waals surface area contributed by atoms with Crippen LogP contribution in [0.3, 0.4) is 0 Å². The maximum Gasteiger partial charge on any atom is 0.387 e. The molecule has 2 rings (SSSR count). The Balaban J connectivity index is 2.06. The fourth-order valence-electron chi connectivity index (χ4n) is 1.75. The van der Waals surface area contributed by atoms with E-state index in [1.54, 1.807) is 24.3 Å². The standard InChI is InChI=1S/C15H11BrF2N2O3/c16-11-7-3-1-5-9(11)13(21)19-20-14(22)10-6-2-4-8-12(10)23-15(17)18/h1-8,15H,(H,19,21)(H,20,22). The second-order valence-electron chi connectivity index (χ2n) is 4.26. The monoisotopic (exact) mass is 384 g/mol. The zero-order chi connectivity index (χ0) is 16.8. The van der Waals surface area contributed by atoms with Gasteiger partial charge in [-0.1, -0.05) is 24.3 Å². The molecule has 2 aromatic carbocycles. The molecule has 0 radical (unpaired) electrons. The first kappa shape index (κ1) is 16.9. The molecule has 0 heterocycles. The van der Waals surface area contributed by atoms with Crippen molar-refractivity contribution in [1.29, 1.82) is 0 Å². The van der Waals surface area contributed by atoms with Crippen molar-refractivity contribution in [3.63, 3.8) is 0 Å². The van der Waals surface area contributed by atoms with Gasteiger partial charge in [0.1, 0.15) is 5.75 Å². The number of carbonyl (C=O) groups excluding carboxylic acids is 2. The molecule has 2 N–H and O–H groups in total. The highest BCUT2D eigenvalue weighted by Crippen LogP contribution is 2.20. The molecule has 120 valence electrons. The molecule has 0 aliphatic rings. The smallest absolute Gasteiger partial charge is 0.387 e. The quantitative estimate of drug-likeness (QED) is 0.795. The van der Waals surface area contributed by atoms with E-state index in [-0.39, 0.29) is 11.3 Å². The molecule has 0 aromatic heterocycles. The molecule has 23 heavy (non-hydrogen) atoms. The van der Waals surface area contributed by atoms with E-state index in [4.69, 9.17) is 0 Å². The van der Waals surface area contributed by atoms with Gasteiger partial charge >= 0.3 is 6.61 Å². The first-order valence-corrected chi connectivity index (χ1v) is 7.17. The van der Waals surface area contributed by atoms with Gasteiger partial charge in [-0.3, -0.25) is 20.4 Å². The van der Waals surface area contributed by atoms with E-state index >= 15 is 0 Å². The zero-order valence-corrected chi connectivity index (χ0v) is 13.1. The van der Waals surface area contributed by atoms with Crippen LogP contribution in [0.25, 0.3) is 0 Å². The van der Waals surface area contributed by atoms with E-state index in [0.29, 0.717) is 10.0 Å². The van der Waals surface area contributed by atoms with Crippen molar-refractivity contribution in [3.05, 3.63) is 64.1 Å². The van der Waals surface area contributed by atoms with Crippen LogP contribution in [0, 0.1) is 0 Å². The number of hydrazine groups is 1. The molecule has 5 nitrogen and oxygen atoms in total. The summed E-state index contributed by atoms with van der Waals surface area (Å²) in [7, 11) is 0. The Morgan fingerprint density at radius 2 is 1.43 bits per heavy atom. The Bertz CT molecular complexity index is 725. The Kier molecular flexibility index (Phi) is 5.64. The van der Waals surface area contributed by atoms with Crippen LogP contribution in [0.2, 0.25) is 0 Å². The number of benzene rings is 2. The number of nitrogens with one attached hydrogen (secondary N) is 2. The fraction of sp³-hybridized carbons (Fsp3) is 0.0667. The van der Waals surface area contributed by atoms with E-state index in [9.17, 15) is 18.4 Å². The topological polar surface area (TPSA) is 67.4 Å². The van der Waals surface area contributed by atoms with Crippen molar-refractivity contribution < 1.29 is 23.1 Å². The van der Waals surface area contributed by atoms with Gasteiger partial charge in [-0.25, -0.2) is 0 Å². The van der Waals surface area contributed by atoms with Crippen LogP contribution in [-0.4, -0.2) is 18.4 Å². The van der Waals surface area contributed by atoms with Gasteiger partial charge in [-0.05, 0) is 40.2 Å². The lowest BCUT2D eigenvalue weighted by atomic mass is 10.2. The Hall–Kier alpha value is -2.48. The molecule has 2 aromatic rings. The van der Waals surface area contributed by atoms with Gasteiger partial charge in [0.05, 0.1) is 11.1 Å². The van der Waals surface area contributed by atoms with E-state index in [1.807, 2.05) is 0 Å². The number of carbonyl (C=O) groups is 2. The number of amides is 2. The number of ether oxygens (including phenoxy) is 1. The summed E-state index contributed by atoms with van der Waals surface area (Å²) < 4.78 is 29.4. The molecule has 2 amide bonds. The fourth-order valence-corrected chi connectivity index (χ4v) is 2.21. The van der Waals surface area contributed by atoms with Crippen LogP contribution in [0.1, 0.15) is 20.7 Å². The highest BCUT2D eigenvalue weighted by atomic mass is 79.9. The van der Waals surface area contributed by atoms with Crippen LogP contribution in [0.5, 0.6) is 5.75 Å². The summed E-state index contributed by atoms with van der Waals surface area (Å²) in [5.74, 6) is -1.62. The second-order valence-corrected chi connectivity index (χ2v) is 5.12. The summed E-state index contributed by atoms with van der Waals surface area (Å²) >= 11 is 3.21. The van der Waals surface area contributed by atoms with Crippen molar-refractivity contribution in [3.8, 4) is 5.75 Å². The third kappa shape index (κ3) is 4.49. The molecule has 0 saturated carbocycles. The average Bonchev–Trinajstić information content (AvgIpc) is 2.52. The van der Waals surface area contributed by atoms with Crippen molar-refractivity contribution in [2.75, 3.05) is 0 Å². The van der Waals surface area contributed by atoms with E-state index in [1.165, 1.54) is 24.3 Å². The van der Waals surface area contributed by atoms with Crippen LogP contribution in [0.15, 0.2) is 53.0 Å². The van der Waals surface area contributed by atoms with Crippen LogP contribution < -0.4 is 15.6 Å².